The van der Waals surface area contributed by atoms with Crippen molar-refractivity contribution >= 4 is 23.0 Å². The van der Waals surface area contributed by atoms with Crippen LogP contribution in [-0.2, 0) is 9.53 Å². The van der Waals surface area contributed by atoms with Crippen LogP contribution in [0.25, 0.3) is 0 Å². The van der Waals surface area contributed by atoms with Gasteiger partial charge in [0.05, 0.1) is 18.0 Å². The summed E-state index contributed by atoms with van der Waals surface area (Å²) in [4.78, 5) is 26.9. The lowest BCUT2D eigenvalue weighted by Crippen LogP contribution is -2.42. The van der Waals surface area contributed by atoms with Crippen LogP contribution < -0.4 is 0 Å². The van der Waals surface area contributed by atoms with E-state index in [0.29, 0.717) is 39.0 Å². The molecule has 1 saturated heterocycles. The van der Waals surface area contributed by atoms with Crippen molar-refractivity contribution < 1.29 is 18.7 Å². The van der Waals surface area contributed by atoms with Crippen molar-refractivity contribution in [2.24, 2.45) is 0 Å². The Hall–Kier alpha value is -2.05. The number of halogens is 1. The maximum Gasteiger partial charge on any atom is 0.222 e. The zero-order valence-corrected chi connectivity index (χ0v) is 14.6. The summed E-state index contributed by atoms with van der Waals surface area (Å²) in [6, 6.07) is 9.84. The number of Topliss-reactive ketones (excluding diaryl/α,β-unsaturated/α-hetero) is 1. The van der Waals surface area contributed by atoms with Gasteiger partial charge < -0.3 is 9.64 Å². The second kappa shape index (κ2) is 8.36. The molecule has 0 saturated carbocycles. The lowest BCUT2D eigenvalue weighted by atomic mass is 10.1. The molecule has 1 amide bonds. The van der Waals surface area contributed by atoms with Gasteiger partial charge in [-0.25, -0.2) is 4.39 Å². The van der Waals surface area contributed by atoms with Crippen LogP contribution >= 0.6 is 11.3 Å². The molecular weight excluding hydrogens is 341 g/mol. The lowest BCUT2D eigenvalue weighted by molar-refractivity contribution is -0.139. The summed E-state index contributed by atoms with van der Waals surface area (Å²) in [5.41, 5.74) is 0.867. The van der Waals surface area contributed by atoms with Crippen molar-refractivity contribution in [2.45, 2.75) is 25.4 Å². The fourth-order valence-electron chi connectivity index (χ4n) is 2.87. The highest BCUT2D eigenvalue weighted by Crippen LogP contribution is 2.23. The van der Waals surface area contributed by atoms with Crippen LogP contribution in [0.3, 0.4) is 0 Å². The van der Waals surface area contributed by atoms with Crippen molar-refractivity contribution in [1.29, 1.82) is 0 Å². The van der Waals surface area contributed by atoms with Crippen LogP contribution in [0.15, 0.2) is 41.8 Å². The molecule has 0 spiro atoms. The van der Waals surface area contributed by atoms with E-state index < -0.39 is 0 Å². The molecule has 0 N–H and O–H groups in total. The van der Waals surface area contributed by atoms with Gasteiger partial charge in [0, 0.05) is 19.4 Å². The van der Waals surface area contributed by atoms with E-state index in [9.17, 15) is 14.0 Å². The smallest absolute Gasteiger partial charge is 0.222 e. The van der Waals surface area contributed by atoms with E-state index in [4.69, 9.17) is 4.74 Å². The van der Waals surface area contributed by atoms with E-state index >= 15 is 0 Å². The fourth-order valence-corrected chi connectivity index (χ4v) is 3.57. The predicted molar refractivity (Wildman–Crippen MR) is 94.2 cm³/mol. The summed E-state index contributed by atoms with van der Waals surface area (Å²) in [6.45, 7) is 1.47. The number of ketones is 1. The molecule has 1 aromatic carbocycles. The minimum Gasteiger partial charge on any atom is -0.370 e. The molecule has 132 valence electrons. The lowest BCUT2D eigenvalue weighted by Gasteiger charge is -2.33. The van der Waals surface area contributed by atoms with E-state index in [1.165, 1.54) is 23.5 Å². The summed E-state index contributed by atoms with van der Waals surface area (Å²) in [6.07, 6.45) is 1.06. The highest BCUT2D eigenvalue weighted by Gasteiger charge is 2.25. The van der Waals surface area contributed by atoms with Gasteiger partial charge in [-0.3, -0.25) is 9.59 Å². The number of hydrogen-bond donors (Lipinski definition) is 0. The van der Waals surface area contributed by atoms with Gasteiger partial charge in [-0.15, -0.1) is 11.3 Å². The summed E-state index contributed by atoms with van der Waals surface area (Å²) in [5.74, 6) is -0.161. The van der Waals surface area contributed by atoms with E-state index in [0.717, 1.165) is 10.4 Å². The second-order valence-electron chi connectivity index (χ2n) is 6.00. The number of morpholine rings is 1. The first-order valence-corrected chi connectivity index (χ1v) is 9.23. The normalized spacial score (nSPS) is 17.5. The molecule has 1 aliphatic rings. The average Bonchev–Trinajstić information content (AvgIpc) is 3.17. The molecule has 6 heteroatoms. The third-order valence-corrected chi connectivity index (χ3v) is 5.16. The Bertz CT molecular complexity index is 715. The number of thiophene rings is 1. The summed E-state index contributed by atoms with van der Waals surface area (Å²) < 4.78 is 18.7. The highest BCUT2D eigenvalue weighted by atomic mass is 32.1. The number of nitrogens with zero attached hydrogens (tertiary/aromatic N) is 1. The SMILES string of the molecule is O=C(CCCC(=O)N1CCOC(c2ccc(F)cc2)C1)c1cccs1. The van der Waals surface area contributed by atoms with Gasteiger partial charge in [-0.05, 0) is 35.6 Å². The molecule has 1 aromatic heterocycles. The summed E-state index contributed by atoms with van der Waals surface area (Å²) in [7, 11) is 0. The predicted octanol–water partition coefficient (Wildman–Crippen LogP) is 3.84. The van der Waals surface area contributed by atoms with Gasteiger partial charge in [0.2, 0.25) is 5.91 Å². The maximum absolute atomic E-state index is 13.0. The Morgan fingerprint density at radius 3 is 2.72 bits per heavy atom. The van der Waals surface area contributed by atoms with Crippen molar-refractivity contribution in [3.8, 4) is 0 Å². The molecule has 0 radical (unpaired) electrons. The number of hydrogen-bond acceptors (Lipinski definition) is 4. The molecule has 3 rings (SSSR count). The standard InChI is InChI=1S/C19H20FNO3S/c20-15-8-6-14(7-9-15)17-13-21(10-11-24-17)19(23)5-1-3-16(22)18-4-2-12-25-18/h2,4,6-9,12,17H,1,3,5,10-11,13H2. The van der Waals surface area contributed by atoms with Gasteiger partial charge in [0.1, 0.15) is 11.9 Å². The Morgan fingerprint density at radius 2 is 2.00 bits per heavy atom. The molecule has 1 atom stereocenters. The quantitative estimate of drug-likeness (QED) is 0.735. The molecule has 4 nitrogen and oxygen atoms in total. The van der Waals surface area contributed by atoms with E-state index in [1.54, 1.807) is 17.0 Å². The average molecular weight is 361 g/mol. The molecule has 1 aliphatic heterocycles. The van der Waals surface area contributed by atoms with Gasteiger partial charge in [-0.1, -0.05) is 18.2 Å². The molecule has 0 aliphatic carbocycles. The zero-order chi connectivity index (χ0) is 17.6. The second-order valence-corrected chi connectivity index (χ2v) is 6.95. The number of carbonyl (C=O) groups is 2. The van der Waals surface area contributed by atoms with Gasteiger partial charge in [0.25, 0.3) is 0 Å². The molecule has 25 heavy (non-hydrogen) atoms. The van der Waals surface area contributed by atoms with E-state index in [1.807, 2.05) is 17.5 Å². The molecule has 1 fully saturated rings. The molecule has 1 unspecified atom stereocenters. The van der Waals surface area contributed by atoms with Crippen LogP contribution in [0.5, 0.6) is 0 Å². The van der Waals surface area contributed by atoms with Crippen molar-refractivity contribution in [2.75, 3.05) is 19.7 Å². The van der Waals surface area contributed by atoms with Crippen molar-refractivity contribution in [3.05, 3.63) is 58.0 Å². The van der Waals surface area contributed by atoms with Crippen molar-refractivity contribution in [3.63, 3.8) is 0 Å². The van der Waals surface area contributed by atoms with Gasteiger partial charge >= 0.3 is 0 Å². The minimum absolute atomic E-state index is 0.0365. The van der Waals surface area contributed by atoms with Crippen LogP contribution in [0, 0.1) is 5.82 Å². The Labute approximate surface area is 150 Å². The third-order valence-electron chi connectivity index (χ3n) is 4.25. The number of rotatable bonds is 6. The zero-order valence-electron chi connectivity index (χ0n) is 13.8. The maximum atomic E-state index is 13.0. The van der Waals surface area contributed by atoms with Crippen LogP contribution in [0.1, 0.15) is 40.6 Å². The van der Waals surface area contributed by atoms with Gasteiger partial charge in [-0.2, -0.15) is 0 Å². The minimum atomic E-state index is -0.289. The highest BCUT2D eigenvalue weighted by molar-refractivity contribution is 7.12. The monoisotopic (exact) mass is 361 g/mol. The Morgan fingerprint density at radius 1 is 1.20 bits per heavy atom. The largest absolute Gasteiger partial charge is 0.370 e. The van der Waals surface area contributed by atoms with Crippen LogP contribution in [0.4, 0.5) is 4.39 Å². The molecule has 2 aromatic rings. The Balaban J connectivity index is 1.48. The number of ether oxygens (including phenoxy) is 1. The van der Waals surface area contributed by atoms with E-state index in [-0.39, 0.29) is 23.6 Å². The van der Waals surface area contributed by atoms with Crippen molar-refractivity contribution in [1.82, 2.24) is 4.90 Å². The number of benzene rings is 1. The first-order chi connectivity index (χ1) is 12.1. The summed E-state index contributed by atoms with van der Waals surface area (Å²) in [5, 5.41) is 1.88. The fraction of sp³-hybridized carbons (Fsp3) is 0.368. The molecule has 0 bridgehead atoms. The number of carbonyl (C=O) groups excluding carboxylic acids is 2. The van der Waals surface area contributed by atoms with Crippen LogP contribution in [-0.4, -0.2) is 36.3 Å². The Kier molecular flexibility index (Phi) is 5.94. The van der Waals surface area contributed by atoms with E-state index in [2.05, 4.69) is 0 Å². The van der Waals surface area contributed by atoms with Gasteiger partial charge in [0.15, 0.2) is 5.78 Å². The number of amides is 1. The van der Waals surface area contributed by atoms with Crippen LogP contribution in [0.2, 0.25) is 0 Å². The molecular formula is C19H20FNO3S. The first kappa shape index (κ1) is 17.8. The summed E-state index contributed by atoms with van der Waals surface area (Å²) >= 11 is 1.43. The molecule has 2 heterocycles. The third kappa shape index (κ3) is 4.74. The topological polar surface area (TPSA) is 46.6 Å². The first-order valence-electron chi connectivity index (χ1n) is 8.35.